The first-order valence-electron chi connectivity index (χ1n) is 47.7. The first-order chi connectivity index (χ1) is 68.5. The summed E-state index contributed by atoms with van der Waals surface area (Å²) >= 11 is 5.70. The largest absolute Gasteiger partial charge is 0.376 e. The fourth-order valence-corrected chi connectivity index (χ4v) is 28.5. The van der Waals surface area contributed by atoms with Crippen molar-refractivity contribution in [3.63, 3.8) is 0 Å². The second-order valence-electron chi connectivity index (χ2n) is 37.4. The number of anilines is 6. The molecule has 0 radical (unpaired) electrons. The summed E-state index contributed by atoms with van der Waals surface area (Å²) in [6, 6.07) is 169. The van der Waals surface area contributed by atoms with Crippen molar-refractivity contribution in [1.29, 1.82) is 0 Å². The Balaban J connectivity index is 0.0000000959. The smallest absolute Gasteiger partial charge is 0.331 e. The SMILES string of the molecule is c1ccc(-n2c3c4c(ccc3c3ccc5c6ccccc6sc5c32)-c2ccccc2N2B4c3ccccc3-c3ccccc32)cc1.c1ccc(-n2c3cc4c(cc3c3c5c(ccc32)B2c3ccccc3-c3ccccc3N2c2ccccc2-5)sc2ccccc24)cc1.c1ccc(-n2c3cc4c(cc3c3cc5sc6ccccc6c5cc32)-c2ccccc2N2B4c3ccccc3-c3ccccc32)cc1. The molecule has 138 heavy (non-hydrogen) atoms. The molecule has 33 rings (SSSR count). The van der Waals surface area contributed by atoms with Gasteiger partial charge in [0.2, 0.25) is 0 Å². The monoisotopic (exact) mass is 1800 g/mol. The molecule has 0 atom stereocenters. The van der Waals surface area contributed by atoms with E-state index >= 15 is 0 Å². The molecular formula is C126H75B3N6S3. The molecule has 0 saturated carbocycles. The molecule has 636 valence electrons. The van der Waals surface area contributed by atoms with Crippen LogP contribution in [-0.2, 0) is 0 Å². The predicted molar refractivity (Wildman–Crippen MR) is 594 cm³/mol. The molecule has 27 aromatic rings. The van der Waals surface area contributed by atoms with Crippen molar-refractivity contribution in [3.05, 3.63) is 455 Å². The number of aromatic nitrogens is 3. The Morgan fingerprint density at radius 3 is 1.06 bits per heavy atom. The van der Waals surface area contributed by atoms with E-state index in [1.165, 1.54) is 277 Å². The highest BCUT2D eigenvalue weighted by atomic mass is 32.1. The molecule has 12 heterocycles. The first kappa shape index (κ1) is 76.7. The second kappa shape index (κ2) is 29.4. The van der Waals surface area contributed by atoms with Gasteiger partial charge in [-0.1, -0.05) is 322 Å². The van der Waals surface area contributed by atoms with Crippen LogP contribution in [-0.4, -0.2) is 34.2 Å². The van der Waals surface area contributed by atoms with Crippen LogP contribution in [0, 0.1) is 0 Å². The van der Waals surface area contributed by atoms with Crippen LogP contribution < -0.4 is 47.2 Å². The van der Waals surface area contributed by atoms with Crippen molar-refractivity contribution in [1.82, 2.24) is 13.7 Å². The van der Waals surface area contributed by atoms with Crippen molar-refractivity contribution >= 4 is 247 Å². The Hall–Kier alpha value is -16.7. The first-order valence-corrected chi connectivity index (χ1v) is 50.1. The van der Waals surface area contributed by atoms with Gasteiger partial charge in [-0.3, -0.25) is 0 Å². The van der Waals surface area contributed by atoms with E-state index in [1.807, 2.05) is 34.0 Å². The third-order valence-corrected chi connectivity index (χ3v) is 34.0. The maximum Gasteiger partial charge on any atom is 0.331 e. The van der Waals surface area contributed by atoms with Crippen LogP contribution in [0.2, 0.25) is 0 Å². The Bertz CT molecular complexity index is 9960. The van der Waals surface area contributed by atoms with Crippen LogP contribution in [0.15, 0.2) is 455 Å². The van der Waals surface area contributed by atoms with Gasteiger partial charge in [0.05, 0.1) is 37.8 Å². The standard InChI is InChI=1S/3C42H25BN2S/c1-2-12-26(13-3-1)44-37-23-22-34-41(42(37)32-25-40-31(24-38(32)44)29-16-7-11-21-39(29)46-40)30-17-6-10-20-36(30)45-35-19-9-5-15-28(35)27-14-4-8-18-33(27)43(34)45;1-2-12-26(13-3-1)44-39-23-34-30-17-7-11-21-41(30)46-42(34)24-33(39)32-22-31-29-16-6-10-20-38(29)45-37-19-9-5-15-28(37)27-14-4-8-18-35(27)43(45)36(31)25-40(32)44;1-2-12-26(13-3-1)44-40-32(33-24-25-34-30-17-7-11-21-38(30)46-42(34)41(33)44)23-22-31-29-16-6-10-20-37(29)45-36-19-9-5-15-28(36)27-14-4-8-18-35(27)43(45)39(31)40/h3*1-25H. The topological polar surface area (TPSA) is 24.5 Å². The highest BCUT2D eigenvalue weighted by Crippen LogP contribution is 2.55. The average Bonchev–Trinajstić information content (AvgIpc) is 1.48. The van der Waals surface area contributed by atoms with Crippen LogP contribution >= 0.6 is 34.0 Å². The van der Waals surface area contributed by atoms with Gasteiger partial charge in [-0.05, 0) is 200 Å². The number of fused-ring (bicyclic) bond motifs is 54. The molecule has 12 heteroatoms. The van der Waals surface area contributed by atoms with Crippen molar-refractivity contribution in [2.75, 3.05) is 14.4 Å². The van der Waals surface area contributed by atoms with Crippen LogP contribution in [0.1, 0.15) is 0 Å². The highest BCUT2D eigenvalue weighted by molar-refractivity contribution is 7.27. The summed E-state index contributed by atoms with van der Waals surface area (Å²) in [6.45, 7) is 0.156. The second-order valence-corrected chi connectivity index (χ2v) is 40.6. The Labute approximate surface area is 807 Å². The van der Waals surface area contributed by atoms with E-state index in [9.17, 15) is 0 Å². The normalized spacial score (nSPS) is 13.1. The lowest BCUT2D eigenvalue weighted by Gasteiger charge is -2.43. The third kappa shape index (κ3) is 10.7. The van der Waals surface area contributed by atoms with E-state index in [-0.39, 0.29) is 20.5 Å². The van der Waals surface area contributed by atoms with Gasteiger partial charge in [-0.15, -0.1) is 34.0 Å². The summed E-state index contributed by atoms with van der Waals surface area (Å²) in [6.07, 6.45) is 0. The summed E-state index contributed by atoms with van der Waals surface area (Å²) in [4.78, 5) is 7.78. The molecule has 0 unspecified atom stereocenters. The van der Waals surface area contributed by atoms with Gasteiger partial charge in [0.15, 0.2) is 0 Å². The summed E-state index contributed by atoms with van der Waals surface area (Å²) in [5.74, 6) is 0. The average molecular weight is 1800 g/mol. The lowest BCUT2D eigenvalue weighted by atomic mass is 9.43. The predicted octanol–water partition coefficient (Wildman–Crippen LogP) is 30.2. The van der Waals surface area contributed by atoms with Crippen LogP contribution in [0.3, 0.4) is 0 Å². The van der Waals surface area contributed by atoms with Gasteiger partial charge in [0.1, 0.15) is 0 Å². The summed E-state index contributed by atoms with van der Waals surface area (Å²) in [5.41, 5.74) is 42.5. The quantitative estimate of drug-likeness (QED) is 0.165. The van der Waals surface area contributed by atoms with E-state index < -0.39 is 0 Å². The molecule has 0 spiro atoms. The Morgan fingerprint density at radius 1 is 0.174 bits per heavy atom. The number of benzene rings is 21. The maximum absolute atomic E-state index is 2.61. The fourth-order valence-electron chi connectivity index (χ4n) is 25.0. The minimum absolute atomic E-state index is 0.0179. The Morgan fingerprint density at radius 2 is 0.529 bits per heavy atom. The number of nitrogens with zero attached hydrogens (tertiary/aromatic N) is 6. The number of rotatable bonds is 3. The molecule has 0 bridgehead atoms. The minimum Gasteiger partial charge on any atom is -0.376 e. The fraction of sp³-hybridized carbons (Fsp3) is 0. The number of hydrogen-bond acceptors (Lipinski definition) is 6. The molecule has 0 N–H and O–H groups in total. The molecule has 0 amide bonds. The lowest BCUT2D eigenvalue weighted by Crippen LogP contribution is -2.60. The summed E-state index contributed by atoms with van der Waals surface area (Å²) in [5, 5.41) is 15.8. The van der Waals surface area contributed by atoms with E-state index in [2.05, 4.69) is 483 Å². The van der Waals surface area contributed by atoms with Gasteiger partial charge in [-0.2, -0.15) is 0 Å². The molecular weight excluding hydrogens is 1730 g/mol. The molecule has 0 fully saturated rings. The van der Waals surface area contributed by atoms with Crippen LogP contribution in [0.25, 0.3) is 210 Å². The van der Waals surface area contributed by atoms with Gasteiger partial charge in [0.25, 0.3) is 0 Å². The number of thiophene rings is 3. The maximum atomic E-state index is 2.61. The zero-order valence-electron chi connectivity index (χ0n) is 74.4. The van der Waals surface area contributed by atoms with Crippen molar-refractivity contribution in [3.8, 4) is 83.8 Å². The highest BCUT2D eigenvalue weighted by Gasteiger charge is 2.48. The summed E-state index contributed by atoms with van der Waals surface area (Å²) in [7, 11) is 0. The van der Waals surface area contributed by atoms with Gasteiger partial charge in [-0.25, -0.2) is 0 Å². The van der Waals surface area contributed by atoms with E-state index in [1.54, 1.807) is 0 Å². The molecule has 6 aliphatic rings. The number of para-hydroxylation sites is 9. The molecule has 0 aliphatic carbocycles. The molecule has 6 aliphatic heterocycles. The van der Waals surface area contributed by atoms with Crippen molar-refractivity contribution in [2.24, 2.45) is 0 Å². The van der Waals surface area contributed by atoms with Crippen LogP contribution in [0.5, 0.6) is 0 Å². The third-order valence-electron chi connectivity index (χ3n) is 30.5. The molecule has 0 saturated heterocycles. The molecule has 6 nitrogen and oxygen atoms in total. The zero-order valence-corrected chi connectivity index (χ0v) is 76.9. The minimum atomic E-state index is 0.0179. The van der Waals surface area contributed by atoms with E-state index in [0.717, 1.165) is 0 Å². The van der Waals surface area contributed by atoms with Gasteiger partial charge in [0, 0.05) is 173 Å². The van der Waals surface area contributed by atoms with Gasteiger partial charge < -0.3 is 28.1 Å². The zero-order chi connectivity index (χ0) is 89.8. The molecule has 6 aromatic heterocycles. The van der Waals surface area contributed by atoms with Crippen molar-refractivity contribution < 1.29 is 0 Å². The van der Waals surface area contributed by atoms with E-state index in [4.69, 9.17) is 0 Å². The van der Waals surface area contributed by atoms with Crippen molar-refractivity contribution in [2.45, 2.75) is 0 Å². The van der Waals surface area contributed by atoms with Crippen LogP contribution in [0.4, 0.5) is 34.1 Å². The molecule has 21 aromatic carbocycles. The van der Waals surface area contributed by atoms with Gasteiger partial charge >= 0.3 is 20.5 Å². The summed E-state index contributed by atoms with van der Waals surface area (Å²) < 4.78 is 15.6. The Kier molecular flexibility index (Phi) is 16.3. The number of hydrogen-bond donors (Lipinski definition) is 0. The lowest BCUT2D eigenvalue weighted by molar-refractivity contribution is 1.18. The van der Waals surface area contributed by atoms with E-state index in [0.29, 0.717) is 0 Å².